The summed E-state index contributed by atoms with van der Waals surface area (Å²) in [5.41, 5.74) is 2.01. The van der Waals surface area contributed by atoms with Crippen molar-refractivity contribution in [3.8, 4) is 0 Å². The van der Waals surface area contributed by atoms with E-state index in [2.05, 4.69) is 19.1 Å². The van der Waals surface area contributed by atoms with Gasteiger partial charge in [-0.1, -0.05) is 37.6 Å². The number of carbonyl (C=O) groups is 1. The van der Waals surface area contributed by atoms with Gasteiger partial charge in [0.15, 0.2) is 0 Å². The molecule has 1 aliphatic heterocycles. The summed E-state index contributed by atoms with van der Waals surface area (Å²) in [6.45, 7) is 3.11. The summed E-state index contributed by atoms with van der Waals surface area (Å²) in [5.74, 6) is 0.306. The molecule has 1 saturated heterocycles. The van der Waals surface area contributed by atoms with Gasteiger partial charge in [0.25, 0.3) is 0 Å². The number of hydrogen-bond acceptors (Lipinski definition) is 2. The fourth-order valence-electron chi connectivity index (χ4n) is 3.44. The van der Waals surface area contributed by atoms with Crippen LogP contribution in [0.5, 0.6) is 0 Å². The molecule has 3 nitrogen and oxygen atoms in total. The molecule has 0 atom stereocenters. The second-order valence-electron chi connectivity index (χ2n) is 6.04. The van der Waals surface area contributed by atoms with Gasteiger partial charge in [-0.25, -0.2) is 0 Å². The molecule has 1 amide bonds. The van der Waals surface area contributed by atoms with Crippen LogP contribution in [0.1, 0.15) is 30.9 Å². The Balaban J connectivity index is 1.60. The van der Waals surface area contributed by atoms with Gasteiger partial charge in [-0.3, -0.25) is 4.79 Å². The van der Waals surface area contributed by atoms with Crippen LogP contribution < -0.4 is 0 Å². The Bertz CT molecular complexity index is 466. The molecule has 0 aromatic heterocycles. The van der Waals surface area contributed by atoms with E-state index in [0.717, 1.165) is 25.7 Å². The third-order valence-corrected chi connectivity index (χ3v) is 4.40. The number of carbonyl (C=O) groups excluding carboxylic acids is 1. The van der Waals surface area contributed by atoms with E-state index in [-0.39, 0.29) is 11.8 Å². The molecule has 0 saturated carbocycles. The predicted molar refractivity (Wildman–Crippen MR) is 73.8 cm³/mol. The number of benzene rings is 1. The second-order valence-corrected chi connectivity index (χ2v) is 6.04. The van der Waals surface area contributed by atoms with E-state index < -0.39 is 5.60 Å². The first-order valence-corrected chi connectivity index (χ1v) is 7.19. The number of fused-ring (bicyclic) bond motifs is 1. The van der Waals surface area contributed by atoms with Crippen molar-refractivity contribution in [2.24, 2.45) is 5.92 Å². The molecule has 102 valence electrons. The zero-order chi connectivity index (χ0) is 13.5. The van der Waals surface area contributed by atoms with Crippen molar-refractivity contribution in [1.29, 1.82) is 0 Å². The molecule has 0 spiro atoms. The molecule has 0 unspecified atom stereocenters. The number of β-amino-alcohol motifs (C(OH)–C–C–N with tert-alkyl or cyclic N) is 1. The molecule has 1 aliphatic carbocycles. The van der Waals surface area contributed by atoms with Gasteiger partial charge in [0.05, 0.1) is 18.7 Å². The molecule has 2 aliphatic rings. The lowest BCUT2D eigenvalue weighted by molar-refractivity contribution is -0.160. The zero-order valence-electron chi connectivity index (χ0n) is 11.4. The van der Waals surface area contributed by atoms with Crippen molar-refractivity contribution in [3.05, 3.63) is 35.4 Å². The average Bonchev–Trinajstić information content (AvgIpc) is 2.79. The highest BCUT2D eigenvalue weighted by Gasteiger charge is 2.44. The van der Waals surface area contributed by atoms with Crippen molar-refractivity contribution < 1.29 is 9.90 Å². The van der Waals surface area contributed by atoms with E-state index in [4.69, 9.17) is 0 Å². The topological polar surface area (TPSA) is 40.5 Å². The van der Waals surface area contributed by atoms with E-state index in [1.807, 2.05) is 17.0 Å². The van der Waals surface area contributed by atoms with Gasteiger partial charge in [0.1, 0.15) is 0 Å². The molecule has 3 rings (SSSR count). The fraction of sp³-hybridized carbons (Fsp3) is 0.562. The monoisotopic (exact) mass is 259 g/mol. The summed E-state index contributed by atoms with van der Waals surface area (Å²) < 4.78 is 0. The molecule has 19 heavy (non-hydrogen) atoms. The lowest BCUT2D eigenvalue weighted by Crippen LogP contribution is -2.64. The van der Waals surface area contributed by atoms with Crippen molar-refractivity contribution in [3.63, 3.8) is 0 Å². The van der Waals surface area contributed by atoms with Gasteiger partial charge in [0, 0.05) is 5.92 Å². The lowest BCUT2D eigenvalue weighted by atomic mass is 9.87. The molecule has 0 radical (unpaired) electrons. The minimum atomic E-state index is -0.615. The first-order valence-electron chi connectivity index (χ1n) is 7.19. The van der Waals surface area contributed by atoms with Crippen molar-refractivity contribution in [2.75, 3.05) is 13.1 Å². The molecule has 1 N–H and O–H groups in total. The van der Waals surface area contributed by atoms with Gasteiger partial charge in [-0.05, 0) is 30.4 Å². The van der Waals surface area contributed by atoms with E-state index in [1.54, 1.807) is 0 Å². The maximum atomic E-state index is 12.4. The normalized spacial score (nSPS) is 21.1. The SMILES string of the molecule is CCCC1(O)CN(C(=O)C2Cc3ccccc3C2)C1. The number of nitrogens with zero attached hydrogens (tertiary/aromatic N) is 1. The molecule has 1 fully saturated rings. The number of rotatable bonds is 3. The Morgan fingerprint density at radius 2 is 1.89 bits per heavy atom. The Kier molecular flexibility index (Phi) is 3.09. The Morgan fingerprint density at radius 1 is 1.32 bits per heavy atom. The molecule has 1 heterocycles. The van der Waals surface area contributed by atoms with Gasteiger partial charge >= 0.3 is 0 Å². The Morgan fingerprint density at radius 3 is 2.42 bits per heavy atom. The van der Waals surface area contributed by atoms with E-state index in [0.29, 0.717) is 13.1 Å². The van der Waals surface area contributed by atoms with Crippen LogP contribution in [0.3, 0.4) is 0 Å². The standard InChI is InChI=1S/C16H21NO2/c1-2-7-16(19)10-17(11-16)15(18)14-8-12-5-3-4-6-13(12)9-14/h3-6,14,19H,2,7-11H2,1H3. The minimum absolute atomic E-state index is 0.0866. The largest absolute Gasteiger partial charge is 0.386 e. The van der Waals surface area contributed by atoms with Gasteiger partial charge in [0.2, 0.25) is 5.91 Å². The Hall–Kier alpha value is -1.35. The predicted octanol–water partition coefficient (Wildman–Crippen LogP) is 1.77. The smallest absolute Gasteiger partial charge is 0.226 e. The molecule has 3 heteroatoms. The second kappa shape index (κ2) is 4.64. The van der Waals surface area contributed by atoms with E-state index in [1.165, 1.54) is 11.1 Å². The van der Waals surface area contributed by atoms with E-state index in [9.17, 15) is 9.90 Å². The third-order valence-electron chi connectivity index (χ3n) is 4.40. The zero-order valence-corrected chi connectivity index (χ0v) is 11.4. The quantitative estimate of drug-likeness (QED) is 0.899. The van der Waals surface area contributed by atoms with Crippen LogP contribution in [-0.4, -0.2) is 34.6 Å². The summed E-state index contributed by atoms with van der Waals surface area (Å²) in [6.07, 6.45) is 3.48. The molecular formula is C16H21NO2. The average molecular weight is 259 g/mol. The van der Waals surface area contributed by atoms with Gasteiger partial charge < -0.3 is 10.0 Å². The molecular weight excluding hydrogens is 238 g/mol. The highest BCUT2D eigenvalue weighted by Crippen LogP contribution is 2.32. The third kappa shape index (κ3) is 2.27. The van der Waals surface area contributed by atoms with Crippen LogP contribution in [0.15, 0.2) is 24.3 Å². The van der Waals surface area contributed by atoms with Crippen LogP contribution >= 0.6 is 0 Å². The number of likely N-dealkylation sites (tertiary alicyclic amines) is 1. The number of hydrogen-bond donors (Lipinski definition) is 1. The summed E-state index contributed by atoms with van der Waals surface area (Å²) >= 11 is 0. The van der Waals surface area contributed by atoms with Gasteiger partial charge in [-0.2, -0.15) is 0 Å². The maximum Gasteiger partial charge on any atom is 0.226 e. The first-order chi connectivity index (χ1) is 9.11. The fourth-order valence-corrected chi connectivity index (χ4v) is 3.44. The highest BCUT2D eigenvalue weighted by molar-refractivity contribution is 5.81. The van der Waals surface area contributed by atoms with Crippen LogP contribution in [0, 0.1) is 5.92 Å². The van der Waals surface area contributed by atoms with Crippen LogP contribution in [-0.2, 0) is 17.6 Å². The summed E-state index contributed by atoms with van der Waals surface area (Å²) in [4.78, 5) is 14.2. The summed E-state index contributed by atoms with van der Waals surface area (Å²) in [7, 11) is 0. The van der Waals surface area contributed by atoms with Crippen molar-refractivity contribution in [1.82, 2.24) is 4.90 Å². The van der Waals surface area contributed by atoms with Crippen LogP contribution in [0.4, 0.5) is 0 Å². The van der Waals surface area contributed by atoms with Crippen LogP contribution in [0.25, 0.3) is 0 Å². The summed E-state index contributed by atoms with van der Waals surface area (Å²) in [6, 6.07) is 8.31. The van der Waals surface area contributed by atoms with Crippen LogP contribution in [0.2, 0.25) is 0 Å². The number of aliphatic hydroxyl groups is 1. The Labute approximate surface area is 114 Å². The molecule has 1 aromatic carbocycles. The maximum absolute atomic E-state index is 12.4. The van der Waals surface area contributed by atoms with Gasteiger partial charge in [-0.15, -0.1) is 0 Å². The molecule has 0 bridgehead atoms. The molecule has 1 aromatic rings. The highest BCUT2D eigenvalue weighted by atomic mass is 16.3. The number of amides is 1. The van der Waals surface area contributed by atoms with Crippen molar-refractivity contribution in [2.45, 2.75) is 38.2 Å². The first kappa shape index (κ1) is 12.7. The minimum Gasteiger partial charge on any atom is -0.386 e. The lowest BCUT2D eigenvalue weighted by Gasteiger charge is -2.47. The van der Waals surface area contributed by atoms with E-state index >= 15 is 0 Å². The summed E-state index contributed by atoms with van der Waals surface area (Å²) in [5, 5.41) is 10.2. The van der Waals surface area contributed by atoms with Crippen molar-refractivity contribution >= 4 is 5.91 Å².